The zero-order valence-electron chi connectivity index (χ0n) is 11.3. The van der Waals surface area contributed by atoms with Crippen LogP contribution in [0.4, 0.5) is 5.82 Å². The molecule has 3 nitrogen and oxygen atoms in total. The van der Waals surface area contributed by atoms with Gasteiger partial charge in [-0.2, -0.15) is 0 Å². The third kappa shape index (κ3) is 3.53. The Hall–Kier alpha value is -1.42. The van der Waals surface area contributed by atoms with Crippen LogP contribution in [0.3, 0.4) is 0 Å². The lowest BCUT2D eigenvalue weighted by atomic mass is 10.1. The number of anilines is 1. The van der Waals surface area contributed by atoms with Crippen molar-refractivity contribution in [1.82, 2.24) is 9.97 Å². The van der Waals surface area contributed by atoms with Crippen molar-refractivity contribution in [2.45, 2.75) is 26.7 Å². The first kappa shape index (κ1) is 14.0. The molecule has 0 atom stereocenters. The molecule has 100 valence electrons. The van der Waals surface area contributed by atoms with Gasteiger partial charge in [-0.25, -0.2) is 9.97 Å². The second kappa shape index (κ2) is 6.66. The number of hydrogen-bond donors (Lipinski definition) is 1. The lowest BCUT2D eigenvalue weighted by Crippen LogP contribution is -2.05. The second-order valence-corrected chi connectivity index (χ2v) is 5.17. The molecular formula is C15H18BrN3. The Kier molecular flexibility index (Phi) is 4.91. The van der Waals surface area contributed by atoms with Crippen LogP contribution in [0.2, 0.25) is 0 Å². The van der Waals surface area contributed by atoms with E-state index in [-0.39, 0.29) is 0 Å². The van der Waals surface area contributed by atoms with Crippen LogP contribution in [0, 0.1) is 0 Å². The van der Waals surface area contributed by atoms with Gasteiger partial charge in [-0.05, 0) is 12.5 Å². The highest BCUT2D eigenvalue weighted by molar-refractivity contribution is 9.10. The SMILES string of the molecule is CCCNc1cc(-c2ccccc2Br)nc(CC)n1. The monoisotopic (exact) mass is 319 g/mol. The zero-order valence-corrected chi connectivity index (χ0v) is 12.9. The first-order chi connectivity index (χ1) is 9.24. The van der Waals surface area contributed by atoms with E-state index < -0.39 is 0 Å². The molecule has 2 aromatic rings. The van der Waals surface area contributed by atoms with Crippen molar-refractivity contribution < 1.29 is 0 Å². The molecule has 1 aromatic heterocycles. The molecule has 0 radical (unpaired) electrons. The van der Waals surface area contributed by atoms with E-state index in [2.05, 4.69) is 51.1 Å². The highest BCUT2D eigenvalue weighted by atomic mass is 79.9. The summed E-state index contributed by atoms with van der Waals surface area (Å²) in [6.45, 7) is 5.14. The Morgan fingerprint density at radius 1 is 1.16 bits per heavy atom. The van der Waals surface area contributed by atoms with Gasteiger partial charge in [-0.1, -0.05) is 48.0 Å². The molecule has 0 bridgehead atoms. The molecule has 0 amide bonds. The van der Waals surface area contributed by atoms with Crippen molar-refractivity contribution >= 4 is 21.7 Å². The molecule has 4 heteroatoms. The predicted molar refractivity (Wildman–Crippen MR) is 83.3 cm³/mol. The van der Waals surface area contributed by atoms with Crippen molar-refractivity contribution in [2.24, 2.45) is 0 Å². The van der Waals surface area contributed by atoms with E-state index in [1.54, 1.807) is 0 Å². The summed E-state index contributed by atoms with van der Waals surface area (Å²) in [6, 6.07) is 10.1. The van der Waals surface area contributed by atoms with Crippen LogP contribution in [0.25, 0.3) is 11.3 Å². The van der Waals surface area contributed by atoms with E-state index in [9.17, 15) is 0 Å². The van der Waals surface area contributed by atoms with Gasteiger partial charge in [0.2, 0.25) is 0 Å². The van der Waals surface area contributed by atoms with E-state index in [1.165, 1.54) is 0 Å². The number of aryl methyl sites for hydroxylation is 1. The molecule has 1 heterocycles. The van der Waals surface area contributed by atoms with Crippen molar-refractivity contribution in [1.29, 1.82) is 0 Å². The van der Waals surface area contributed by atoms with Gasteiger partial charge < -0.3 is 5.32 Å². The minimum absolute atomic E-state index is 0.832. The number of halogens is 1. The Morgan fingerprint density at radius 2 is 1.95 bits per heavy atom. The fourth-order valence-corrected chi connectivity index (χ4v) is 2.29. The van der Waals surface area contributed by atoms with Crippen molar-refractivity contribution in [2.75, 3.05) is 11.9 Å². The Labute approximate surface area is 122 Å². The molecule has 0 aliphatic carbocycles. The summed E-state index contributed by atoms with van der Waals surface area (Å²) in [5, 5.41) is 3.33. The van der Waals surface area contributed by atoms with Crippen LogP contribution in [0.1, 0.15) is 26.1 Å². The second-order valence-electron chi connectivity index (χ2n) is 4.31. The van der Waals surface area contributed by atoms with Gasteiger partial charge >= 0.3 is 0 Å². The Bertz CT molecular complexity index is 555. The van der Waals surface area contributed by atoms with Crippen molar-refractivity contribution in [3.63, 3.8) is 0 Å². The minimum Gasteiger partial charge on any atom is -0.370 e. The number of rotatable bonds is 5. The number of nitrogens with one attached hydrogen (secondary N) is 1. The van der Waals surface area contributed by atoms with E-state index >= 15 is 0 Å². The molecule has 0 unspecified atom stereocenters. The molecule has 0 spiro atoms. The summed E-state index contributed by atoms with van der Waals surface area (Å²) in [4.78, 5) is 9.12. The largest absolute Gasteiger partial charge is 0.370 e. The van der Waals surface area contributed by atoms with E-state index in [0.717, 1.165) is 46.8 Å². The molecular weight excluding hydrogens is 302 g/mol. The highest BCUT2D eigenvalue weighted by Crippen LogP contribution is 2.27. The molecule has 1 aromatic carbocycles. The lowest BCUT2D eigenvalue weighted by Gasteiger charge is -2.10. The Balaban J connectivity index is 2.42. The van der Waals surface area contributed by atoms with Crippen LogP contribution in [0.15, 0.2) is 34.8 Å². The normalized spacial score (nSPS) is 10.5. The van der Waals surface area contributed by atoms with Gasteiger partial charge in [0.25, 0.3) is 0 Å². The van der Waals surface area contributed by atoms with Gasteiger partial charge in [0, 0.05) is 29.1 Å². The third-order valence-electron chi connectivity index (χ3n) is 2.79. The van der Waals surface area contributed by atoms with Crippen LogP contribution in [-0.2, 0) is 6.42 Å². The maximum absolute atomic E-state index is 4.61. The molecule has 19 heavy (non-hydrogen) atoms. The maximum Gasteiger partial charge on any atom is 0.131 e. The van der Waals surface area contributed by atoms with Crippen LogP contribution in [-0.4, -0.2) is 16.5 Å². The van der Waals surface area contributed by atoms with E-state index in [4.69, 9.17) is 0 Å². The fraction of sp³-hybridized carbons (Fsp3) is 0.333. The third-order valence-corrected chi connectivity index (χ3v) is 3.49. The summed E-state index contributed by atoms with van der Waals surface area (Å²) in [5.74, 6) is 1.77. The number of aromatic nitrogens is 2. The molecule has 0 saturated heterocycles. The highest BCUT2D eigenvalue weighted by Gasteiger charge is 2.08. The topological polar surface area (TPSA) is 37.8 Å². The first-order valence-electron chi connectivity index (χ1n) is 6.61. The smallest absolute Gasteiger partial charge is 0.131 e. The quantitative estimate of drug-likeness (QED) is 0.893. The summed E-state index contributed by atoms with van der Waals surface area (Å²) < 4.78 is 1.05. The zero-order chi connectivity index (χ0) is 13.7. The average Bonchev–Trinajstić information content (AvgIpc) is 2.45. The van der Waals surface area contributed by atoms with Gasteiger partial charge in [0.15, 0.2) is 0 Å². The van der Waals surface area contributed by atoms with Crippen molar-refractivity contribution in [3.05, 3.63) is 40.6 Å². The Morgan fingerprint density at radius 3 is 2.63 bits per heavy atom. The van der Waals surface area contributed by atoms with Gasteiger partial charge in [0.1, 0.15) is 11.6 Å². The van der Waals surface area contributed by atoms with Crippen molar-refractivity contribution in [3.8, 4) is 11.3 Å². The van der Waals surface area contributed by atoms with Gasteiger partial charge in [-0.15, -0.1) is 0 Å². The average molecular weight is 320 g/mol. The lowest BCUT2D eigenvalue weighted by molar-refractivity contribution is 0.919. The summed E-state index contributed by atoms with van der Waals surface area (Å²) in [5.41, 5.74) is 2.05. The standard InChI is InChI=1S/C15H18BrN3/c1-3-9-17-15-10-13(18-14(4-2)19-15)11-7-5-6-8-12(11)16/h5-8,10H,3-4,9H2,1-2H3,(H,17,18,19). The number of hydrogen-bond acceptors (Lipinski definition) is 3. The van der Waals surface area contributed by atoms with E-state index in [1.807, 2.05) is 24.3 Å². The minimum atomic E-state index is 0.832. The first-order valence-corrected chi connectivity index (χ1v) is 7.40. The van der Waals surface area contributed by atoms with Gasteiger partial charge in [-0.3, -0.25) is 0 Å². The van der Waals surface area contributed by atoms with Crippen LogP contribution >= 0.6 is 15.9 Å². The molecule has 2 rings (SSSR count). The van der Waals surface area contributed by atoms with Crippen LogP contribution in [0.5, 0.6) is 0 Å². The fourth-order valence-electron chi connectivity index (χ4n) is 1.81. The summed E-state index contributed by atoms with van der Waals surface area (Å²) in [7, 11) is 0. The molecule has 0 aliphatic rings. The summed E-state index contributed by atoms with van der Waals surface area (Å²) >= 11 is 3.58. The molecule has 0 fully saturated rings. The molecule has 0 aliphatic heterocycles. The molecule has 0 saturated carbocycles. The predicted octanol–water partition coefficient (Wildman–Crippen LogP) is 4.29. The maximum atomic E-state index is 4.61. The summed E-state index contributed by atoms with van der Waals surface area (Å²) in [6.07, 6.45) is 1.91. The molecule has 1 N–H and O–H groups in total. The van der Waals surface area contributed by atoms with Crippen LogP contribution < -0.4 is 5.32 Å². The number of benzene rings is 1. The van der Waals surface area contributed by atoms with Gasteiger partial charge in [0.05, 0.1) is 5.69 Å². The van der Waals surface area contributed by atoms with E-state index in [0.29, 0.717) is 0 Å². The number of nitrogens with zero attached hydrogens (tertiary/aromatic N) is 2.